The first kappa shape index (κ1) is 25.2. The number of halogens is 2. The van der Waals surface area contributed by atoms with Gasteiger partial charge in [-0.25, -0.2) is 0 Å². The Morgan fingerprint density at radius 3 is 2.50 bits per heavy atom. The molecule has 2 unspecified atom stereocenters. The van der Waals surface area contributed by atoms with Gasteiger partial charge in [-0.1, -0.05) is 76.6 Å². The van der Waals surface area contributed by atoms with Gasteiger partial charge in [-0.15, -0.1) is 0 Å². The summed E-state index contributed by atoms with van der Waals surface area (Å²) < 4.78 is 8.30. The molecule has 0 spiro atoms. The van der Waals surface area contributed by atoms with Crippen molar-refractivity contribution in [2.24, 2.45) is 0 Å². The summed E-state index contributed by atoms with van der Waals surface area (Å²) in [5.41, 5.74) is 3.11. The van der Waals surface area contributed by atoms with Gasteiger partial charge in [-0.3, -0.25) is 0 Å². The van der Waals surface area contributed by atoms with E-state index in [0.717, 1.165) is 54.3 Å². The molecule has 0 amide bonds. The normalized spacial score (nSPS) is 20.4. The van der Waals surface area contributed by atoms with Crippen molar-refractivity contribution in [3.05, 3.63) is 116 Å². The van der Waals surface area contributed by atoms with Gasteiger partial charge in [0.05, 0.1) is 16.3 Å². The maximum atomic E-state index is 12.7. The lowest BCUT2D eigenvalue weighted by molar-refractivity contribution is 0.00886. The zero-order valence-corrected chi connectivity index (χ0v) is 23.6. The van der Waals surface area contributed by atoms with Crippen LogP contribution in [-0.4, -0.2) is 36.2 Å². The number of ether oxygens (including phenoxy) is 1. The second-order valence-electron chi connectivity index (χ2n) is 9.77. The largest absolute Gasteiger partial charge is 0.463 e. The molecule has 4 aromatic rings. The predicted octanol–water partition coefficient (Wildman–Crippen LogP) is 7.79. The van der Waals surface area contributed by atoms with E-state index in [1.165, 1.54) is 0 Å². The van der Waals surface area contributed by atoms with Crippen LogP contribution in [0.5, 0.6) is 5.75 Å². The Morgan fingerprint density at radius 1 is 0.972 bits per heavy atom. The van der Waals surface area contributed by atoms with Crippen molar-refractivity contribution in [3.63, 3.8) is 0 Å². The summed E-state index contributed by atoms with van der Waals surface area (Å²) in [6.07, 6.45) is 4.88. The van der Waals surface area contributed by atoms with Crippen LogP contribution >= 0.6 is 31.9 Å². The molecule has 36 heavy (non-hydrogen) atoms. The van der Waals surface area contributed by atoms with Gasteiger partial charge in [0.1, 0.15) is 5.75 Å². The Balaban J connectivity index is 1.83. The van der Waals surface area contributed by atoms with Crippen LogP contribution < -0.4 is 4.74 Å². The molecule has 4 aromatic carbocycles. The van der Waals surface area contributed by atoms with Crippen molar-refractivity contribution < 1.29 is 9.84 Å². The standard InChI is InChI=1S/C31H29Br2NO2/c1-34(2)16-15-31(35)20-23-11-7-6-8-21(23)14-17-36-30-27(28(31)22-9-4-3-5-10-22)19-24-18-25(32)12-13-26(24)29(30)33/h3-14,17-19,28,35H,15-16,20H2,1-2H3/b17-14-. The summed E-state index contributed by atoms with van der Waals surface area (Å²) in [7, 11) is 4.10. The third-order valence-corrected chi connectivity index (χ3v) is 8.26. The summed E-state index contributed by atoms with van der Waals surface area (Å²) in [4.78, 5) is 2.13. The Labute approximate surface area is 229 Å². The average Bonchev–Trinajstić information content (AvgIpc) is 2.86. The summed E-state index contributed by atoms with van der Waals surface area (Å²) in [6.45, 7) is 0.758. The molecule has 184 valence electrons. The number of rotatable bonds is 4. The van der Waals surface area contributed by atoms with Crippen LogP contribution in [0, 0.1) is 0 Å². The number of fused-ring (bicyclic) bond motifs is 3. The second kappa shape index (κ2) is 10.5. The number of nitrogens with zero attached hydrogens (tertiary/aromatic N) is 1. The highest BCUT2D eigenvalue weighted by atomic mass is 79.9. The van der Waals surface area contributed by atoms with Crippen molar-refractivity contribution in [2.75, 3.05) is 20.6 Å². The molecule has 3 nitrogen and oxygen atoms in total. The van der Waals surface area contributed by atoms with E-state index in [1.807, 2.05) is 42.5 Å². The molecule has 0 fully saturated rings. The maximum absolute atomic E-state index is 12.7. The van der Waals surface area contributed by atoms with Crippen LogP contribution in [0.25, 0.3) is 16.8 Å². The van der Waals surface area contributed by atoms with Gasteiger partial charge in [0.2, 0.25) is 0 Å². The Morgan fingerprint density at radius 2 is 1.72 bits per heavy atom. The van der Waals surface area contributed by atoms with Crippen molar-refractivity contribution >= 4 is 48.7 Å². The van der Waals surface area contributed by atoms with E-state index in [1.54, 1.807) is 6.26 Å². The number of hydrogen-bond acceptors (Lipinski definition) is 3. The molecule has 1 N–H and O–H groups in total. The van der Waals surface area contributed by atoms with Crippen LogP contribution in [0.1, 0.15) is 34.6 Å². The van der Waals surface area contributed by atoms with Gasteiger partial charge in [0.15, 0.2) is 0 Å². The zero-order valence-electron chi connectivity index (χ0n) is 20.4. The highest BCUT2D eigenvalue weighted by molar-refractivity contribution is 9.11. The second-order valence-corrected chi connectivity index (χ2v) is 11.5. The molecule has 0 bridgehead atoms. The number of benzene rings is 4. The summed E-state index contributed by atoms with van der Waals surface area (Å²) in [5.74, 6) is 0.422. The first-order valence-corrected chi connectivity index (χ1v) is 13.7. The molecule has 2 atom stereocenters. The van der Waals surface area contributed by atoms with Crippen LogP contribution in [-0.2, 0) is 6.42 Å². The first-order valence-electron chi connectivity index (χ1n) is 12.1. The smallest absolute Gasteiger partial charge is 0.145 e. The van der Waals surface area contributed by atoms with Crippen LogP contribution in [0.4, 0.5) is 0 Å². The minimum Gasteiger partial charge on any atom is -0.463 e. The fraction of sp³-hybridized carbons (Fsp3) is 0.226. The van der Waals surface area contributed by atoms with Crippen LogP contribution in [0.3, 0.4) is 0 Å². The Hall–Kier alpha value is -2.44. The fourth-order valence-corrected chi connectivity index (χ4v) is 6.27. The number of aliphatic hydroxyl groups is 1. The molecule has 0 radical (unpaired) electrons. The van der Waals surface area contributed by atoms with E-state index >= 15 is 0 Å². The van der Waals surface area contributed by atoms with Crippen LogP contribution in [0.2, 0.25) is 0 Å². The van der Waals surface area contributed by atoms with Gasteiger partial charge in [0.25, 0.3) is 0 Å². The van der Waals surface area contributed by atoms with Gasteiger partial charge < -0.3 is 14.7 Å². The Kier molecular flexibility index (Phi) is 7.36. The van der Waals surface area contributed by atoms with E-state index in [0.29, 0.717) is 12.8 Å². The lowest BCUT2D eigenvalue weighted by Crippen LogP contribution is -2.42. The van der Waals surface area contributed by atoms with Gasteiger partial charge in [0, 0.05) is 28.9 Å². The van der Waals surface area contributed by atoms with Gasteiger partial charge >= 0.3 is 0 Å². The average molecular weight is 607 g/mol. The van der Waals surface area contributed by atoms with E-state index in [9.17, 15) is 5.11 Å². The lowest BCUT2D eigenvalue weighted by atomic mass is 9.71. The minimum absolute atomic E-state index is 0.312. The molecule has 1 heterocycles. The molecule has 5 rings (SSSR count). The quantitative estimate of drug-likeness (QED) is 0.257. The highest BCUT2D eigenvalue weighted by Crippen LogP contribution is 2.48. The summed E-state index contributed by atoms with van der Waals surface area (Å²) >= 11 is 7.50. The van der Waals surface area contributed by atoms with E-state index in [4.69, 9.17) is 4.74 Å². The third kappa shape index (κ3) is 5.03. The molecule has 0 aromatic heterocycles. The minimum atomic E-state index is -1.07. The molecule has 5 heteroatoms. The molecule has 1 aliphatic rings. The molecule has 0 saturated heterocycles. The summed E-state index contributed by atoms with van der Waals surface area (Å²) in [5, 5.41) is 14.9. The molecule has 0 aliphatic carbocycles. The van der Waals surface area contributed by atoms with Crippen molar-refractivity contribution in [1.82, 2.24) is 4.90 Å². The highest BCUT2D eigenvalue weighted by Gasteiger charge is 2.41. The molecular weight excluding hydrogens is 578 g/mol. The lowest BCUT2D eigenvalue weighted by Gasteiger charge is -2.39. The third-order valence-electron chi connectivity index (χ3n) is 6.98. The van der Waals surface area contributed by atoms with Crippen molar-refractivity contribution in [2.45, 2.75) is 24.4 Å². The predicted molar refractivity (Wildman–Crippen MR) is 156 cm³/mol. The molecule has 1 aliphatic heterocycles. The van der Waals surface area contributed by atoms with Crippen molar-refractivity contribution in [3.8, 4) is 5.75 Å². The zero-order chi connectivity index (χ0) is 25.3. The Bertz CT molecular complexity index is 1420. The van der Waals surface area contributed by atoms with E-state index in [2.05, 4.69) is 93.3 Å². The van der Waals surface area contributed by atoms with Crippen LogP contribution in [0.15, 0.2) is 94.1 Å². The van der Waals surface area contributed by atoms with E-state index < -0.39 is 5.60 Å². The number of hydrogen-bond donors (Lipinski definition) is 1. The molecular formula is C31H29Br2NO2. The maximum Gasteiger partial charge on any atom is 0.145 e. The molecule has 0 saturated carbocycles. The SMILES string of the molecule is CN(C)CCC1(O)Cc2ccccc2/C=C\Oc2c(cc3cc(Br)ccc3c2Br)C1c1ccccc1. The van der Waals surface area contributed by atoms with Gasteiger partial charge in [-0.05, 0) is 88.2 Å². The van der Waals surface area contributed by atoms with Gasteiger partial charge in [-0.2, -0.15) is 0 Å². The fourth-order valence-electron chi connectivity index (χ4n) is 5.21. The monoisotopic (exact) mass is 605 g/mol. The summed E-state index contributed by atoms with van der Waals surface area (Å²) in [6, 6.07) is 27.0. The van der Waals surface area contributed by atoms with E-state index in [-0.39, 0.29) is 5.92 Å². The first-order chi connectivity index (χ1) is 17.4. The topological polar surface area (TPSA) is 32.7 Å². The van der Waals surface area contributed by atoms with Crippen molar-refractivity contribution in [1.29, 1.82) is 0 Å².